The van der Waals surface area contributed by atoms with Gasteiger partial charge in [-0.05, 0) is 30.3 Å². The van der Waals surface area contributed by atoms with Crippen LogP contribution in [-0.4, -0.2) is 53.5 Å². The normalized spacial score (nSPS) is 14.0. The summed E-state index contributed by atoms with van der Waals surface area (Å²) in [5, 5.41) is 0.486. The number of hydrogen-bond donors (Lipinski definition) is 0. The predicted molar refractivity (Wildman–Crippen MR) is 118 cm³/mol. The van der Waals surface area contributed by atoms with E-state index in [9.17, 15) is 9.59 Å². The third-order valence-corrected chi connectivity index (χ3v) is 6.44. The number of carbonyl (C=O) groups excluding carboxylic acids is 1. The van der Waals surface area contributed by atoms with Gasteiger partial charge in [-0.25, -0.2) is 4.98 Å². The number of carbonyl (C=O) groups is 1. The summed E-state index contributed by atoms with van der Waals surface area (Å²) in [4.78, 5) is 35.6. The lowest BCUT2D eigenvalue weighted by Gasteiger charge is -2.36. The van der Waals surface area contributed by atoms with Gasteiger partial charge in [0.05, 0.1) is 23.1 Å². The molecule has 31 heavy (non-hydrogen) atoms. The Balaban J connectivity index is 0.00000231. The minimum Gasteiger partial charge on any atom is -1.00 e. The Labute approximate surface area is 188 Å². The maximum absolute atomic E-state index is 13.1. The van der Waals surface area contributed by atoms with E-state index in [1.165, 1.54) is 15.7 Å². The van der Waals surface area contributed by atoms with Crippen molar-refractivity contribution in [1.82, 2.24) is 14.3 Å². The van der Waals surface area contributed by atoms with Gasteiger partial charge in [-0.1, -0.05) is 18.2 Å². The monoisotopic (exact) mass is 455 g/mol. The molecule has 160 valence electrons. The number of halogens is 1. The van der Waals surface area contributed by atoms with Crippen molar-refractivity contribution in [2.24, 2.45) is 0 Å². The van der Waals surface area contributed by atoms with Crippen LogP contribution in [0.3, 0.4) is 0 Å². The van der Waals surface area contributed by atoms with Gasteiger partial charge in [0, 0.05) is 32.4 Å². The van der Waals surface area contributed by atoms with Crippen LogP contribution in [-0.2, 0) is 0 Å². The second-order valence-electron chi connectivity index (χ2n) is 7.13. The van der Waals surface area contributed by atoms with Crippen molar-refractivity contribution in [2.45, 2.75) is 0 Å². The summed E-state index contributed by atoms with van der Waals surface area (Å²) in [7, 11) is 1.67. The Morgan fingerprint density at radius 3 is 2.58 bits per heavy atom. The molecular weight excluding hydrogens is 436 g/mol. The molecule has 0 unspecified atom stereocenters. The number of ether oxygens (including phenoxy) is 1. The summed E-state index contributed by atoms with van der Waals surface area (Å²) in [6.07, 6.45) is 1.69. The van der Waals surface area contributed by atoms with Crippen molar-refractivity contribution in [2.75, 3.05) is 38.2 Å². The molecule has 7 nitrogen and oxygen atoms in total. The molecule has 1 amide bonds. The first-order chi connectivity index (χ1) is 14.7. The molecule has 1 saturated heterocycles. The van der Waals surface area contributed by atoms with Crippen LogP contribution in [0.2, 0.25) is 0 Å². The molecule has 5 rings (SSSR count). The van der Waals surface area contributed by atoms with Crippen LogP contribution in [0.25, 0.3) is 15.9 Å². The van der Waals surface area contributed by atoms with E-state index >= 15 is 0 Å². The van der Waals surface area contributed by atoms with E-state index in [0.29, 0.717) is 33.8 Å². The van der Waals surface area contributed by atoms with Gasteiger partial charge in [0.15, 0.2) is 0 Å². The summed E-state index contributed by atoms with van der Waals surface area (Å²) in [6.45, 7) is 2.67. The zero-order valence-electron chi connectivity index (χ0n) is 16.8. The number of pyridine rings is 1. The molecule has 0 atom stereocenters. The molecule has 0 bridgehead atoms. The number of aromatic nitrogens is 2. The lowest BCUT2D eigenvalue weighted by Crippen LogP contribution is -3.00. The first-order valence-electron chi connectivity index (χ1n) is 9.74. The fourth-order valence-electron chi connectivity index (χ4n) is 3.85. The van der Waals surface area contributed by atoms with Gasteiger partial charge in [0.25, 0.3) is 11.5 Å². The van der Waals surface area contributed by atoms with Crippen LogP contribution in [0.15, 0.2) is 59.5 Å². The van der Waals surface area contributed by atoms with Gasteiger partial charge in [-0.3, -0.25) is 14.0 Å². The first-order valence-corrected chi connectivity index (χ1v) is 10.6. The average molecular weight is 456 g/mol. The van der Waals surface area contributed by atoms with E-state index in [1.807, 2.05) is 35.2 Å². The van der Waals surface area contributed by atoms with Gasteiger partial charge < -0.3 is 26.9 Å². The molecule has 1 aromatic carbocycles. The fraction of sp³-hybridized carbons (Fsp3) is 0.227. The smallest absolute Gasteiger partial charge is 0.266 e. The Bertz CT molecular complexity index is 1310. The van der Waals surface area contributed by atoms with Crippen LogP contribution in [0.5, 0.6) is 5.75 Å². The first kappa shape index (κ1) is 21.1. The fourth-order valence-corrected chi connectivity index (χ4v) is 4.85. The Morgan fingerprint density at radius 1 is 1.06 bits per heavy atom. The summed E-state index contributed by atoms with van der Waals surface area (Å²) >= 11 is 1.28. The quantitative estimate of drug-likeness (QED) is 0.431. The highest BCUT2D eigenvalue weighted by Crippen LogP contribution is 2.29. The average Bonchev–Trinajstić information content (AvgIpc) is 3.23. The number of rotatable bonds is 3. The standard InChI is InChI=1S/C22H20N4O3S.ClH/c1-29-17-7-3-2-6-16(17)24-10-12-25(13-11-24)22(28)18-14-15-20(30-18)23-19-8-4-5-9-26(19)21(15)27;/h2-9,14H,10-13H2,1H3;1H/p-1. The van der Waals surface area contributed by atoms with Gasteiger partial charge in [0.2, 0.25) is 0 Å². The Hall–Kier alpha value is -3.10. The van der Waals surface area contributed by atoms with Crippen molar-refractivity contribution in [3.8, 4) is 5.75 Å². The van der Waals surface area contributed by atoms with Crippen LogP contribution in [0.1, 0.15) is 9.67 Å². The number of hydrogen-bond acceptors (Lipinski definition) is 6. The molecule has 1 fully saturated rings. The zero-order chi connectivity index (χ0) is 20.7. The van der Waals surface area contributed by atoms with Gasteiger partial charge >= 0.3 is 0 Å². The third kappa shape index (κ3) is 3.73. The van der Waals surface area contributed by atoms with E-state index in [4.69, 9.17) is 4.74 Å². The van der Waals surface area contributed by atoms with E-state index < -0.39 is 0 Å². The summed E-state index contributed by atoms with van der Waals surface area (Å²) in [5.74, 6) is 0.784. The number of amides is 1. The van der Waals surface area contributed by atoms with Crippen LogP contribution in [0.4, 0.5) is 5.69 Å². The van der Waals surface area contributed by atoms with Gasteiger partial charge in [0.1, 0.15) is 16.2 Å². The molecule has 1 aliphatic heterocycles. The highest BCUT2D eigenvalue weighted by molar-refractivity contribution is 7.20. The van der Waals surface area contributed by atoms with Gasteiger partial charge in [-0.2, -0.15) is 0 Å². The molecule has 1 aliphatic rings. The number of benzene rings is 1. The third-order valence-electron chi connectivity index (χ3n) is 5.42. The van der Waals surface area contributed by atoms with Crippen LogP contribution >= 0.6 is 11.3 Å². The lowest BCUT2D eigenvalue weighted by atomic mass is 10.2. The number of thiophene rings is 1. The lowest BCUT2D eigenvalue weighted by molar-refractivity contribution is -0.0000162. The van der Waals surface area contributed by atoms with E-state index in [2.05, 4.69) is 9.88 Å². The number of para-hydroxylation sites is 2. The molecule has 0 spiro atoms. The molecule has 0 saturated carbocycles. The maximum Gasteiger partial charge on any atom is 0.266 e. The van der Waals surface area contributed by atoms with Crippen LogP contribution in [0, 0.1) is 0 Å². The minimum absolute atomic E-state index is 0. The summed E-state index contributed by atoms with van der Waals surface area (Å²) < 4.78 is 6.97. The van der Waals surface area contributed by atoms with Crippen LogP contribution < -0.4 is 27.6 Å². The Morgan fingerprint density at radius 2 is 1.81 bits per heavy atom. The molecule has 3 aromatic heterocycles. The second-order valence-corrected chi connectivity index (χ2v) is 8.16. The molecule has 0 N–H and O–H groups in total. The zero-order valence-corrected chi connectivity index (χ0v) is 18.4. The van der Waals surface area contributed by atoms with Crippen molar-refractivity contribution >= 4 is 38.8 Å². The highest BCUT2D eigenvalue weighted by Gasteiger charge is 2.25. The van der Waals surface area contributed by atoms with E-state index in [1.54, 1.807) is 31.5 Å². The number of anilines is 1. The van der Waals surface area contributed by atoms with E-state index in [-0.39, 0.29) is 23.9 Å². The van der Waals surface area contributed by atoms with Crippen molar-refractivity contribution in [3.63, 3.8) is 0 Å². The minimum atomic E-state index is -0.146. The van der Waals surface area contributed by atoms with Crippen molar-refractivity contribution < 1.29 is 21.9 Å². The number of piperazine rings is 1. The Kier molecular flexibility index (Phi) is 5.84. The predicted octanol–water partition coefficient (Wildman–Crippen LogP) is -0.116. The maximum atomic E-state index is 13.1. The molecular formula is C22H20ClN4O3S-. The SMILES string of the molecule is COc1ccccc1N1CCN(C(=O)c2cc3c(=O)n4ccccc4nc3s2)CC1.[Cl-]. The molecule has 4 heterocycles. The summed E-state index contributed by atoms with van der Waals surface area (Å²) in [6, 6.07) is 15.0. The second kappa shape index (κ2) is 8.56. The number of nitrogens with zero attached hydrogens (tertiary/aromatic N) is 4. The van der Waals surface area contributed by atoms with Crippen molar-refractivity contribution in [3.05, 3.63) is 70.0 Å². The largest absolute Gasteiger partial charge is 1.00 e. The molecule has 0 aliphatic carbocycles. The van der Waals surface area contributed by atoms with Crippen molar-refractivity contribution in [1.29, 1.82) is 0 Å². The topological polar surface area (TPSA) is 67.2 Å². The molecule has 9 heteroatoms. The number of fused-ring (bicyclic) bond motifs is 2. The van der Waals surface area contributed by atoms with Gasteiger partial charge in [-0.15, -0.1) is 11.3 Å². The molecule has 4 aromatic rings. The summed E-state index contributed by atoms with van der Waals surface area (Å²) in [5.41, 5.74) is 1.48. The molecule has 0 radical (unpaired) electrons. The highest BCUT2D eigenvalue weighted by atomic mass is 35.5. The van der Waals surface area contributed by atoms with E-state index in [0.717, 1.165) is 24.5 Å². The number of methoxy groups -OCH3 is 1.